The minimum atomic E-state index is -0.648. The molecule has 168 valence electrons. The van der Waals surface area contributed by atoms with Gasteiger partial charge in [-0.2, -0.15) is 0 Å². The van der Waals surface area contributed by atoms with Gasteiger partial charge in [-0.25, -0.2) is 0 Å². The van der Waals surface area contributed by atoms with Crippen LogP contribution in [0.4, 0.5) is 17.1 Å². The van der Waals surface area contributed by atoms with Crippen LogP contribution in [-0.4, -0.2) is 48.8 Å². The Bertz CT molecular complexity index is 994. The number of carbonyl (C=O) groups excluding carboxylic acids is 1. The first-order valence-electron chi connectivity index (χ1n) is 10.9. The molecule has 1 amide bonds. The number of hydrogen-bond donors (Lipinski definition) is 3. The Morgan fingerprint density at radius 3 is 2.58 bits per heavy atom. The van der Waals surface area contributed by atoms with Crippen LogP contribution in [0.5, 0.6) is 5.75 Å². The smallest absolute Gasteiger partial charge is 0.257 e. The van der Waals surface area contributed by atoms with Crippen LogP contribution in [0.25, 0.3) is 0 Å². The lowest BCUT2D eigenvalue weighted by molar-refractivity contribution is 0.0187. The van der Waals surface area contributed by atoms with Gasteiger partial charge in [-0.15, -0.1) is 0 Å². The Morgan fingerprint density at radius 2 is 1.87 bits per heavy atom. The van der Waals surface area contributed by atoms with Crippen molar-refractivity contribution in [2.45, 2.75) is 57.6 Å². The third-order valence-corrected chi connectivity index (χ3v) is 5.70. The van der Waals surface area contributed by atoms with E-state index in [1.807, 2.05) is 0 Å². The third kappa shape index (κ3) is 4.90. The summed E-state index contributed by atoms with van der Waals surface area (Å²) in [6.45, 7) is 2.79. The minimum absolute atomic E-state index is 0.00741. The summed E-state index contributed by atoms with van der Waals surface area (Å²) in [6, 6.07) is 4.62. The van der Waals surface area contributed by atoms with Crippen LogP contribution < -0.4 is 21.5 Å². The van der Waals surface area contributed by atoms with E-state index in [0.717, 1.165) is 38.5 Å². The number of ether oxygens (including phenoxy) is 1. The molecule has 1 fully saturated rings. The number of nitrogens with one attached hydrogen (secondary N) is 2. The van der Waals surface area contributed by atoms with Crippen molar-refractivity contribution in [1.82, 2.24) is 4.90 Å². The number of anilines is 3. The van der Waals surface area contributed by atoms with Crippen molar-refractivity contribution in [1.29, 1.82) is 0 Å². The van der Waals surface area contributed by atoms with Gasteiger partial charge in [-0.3, -0.25) is 14.4 Å². The Balaban J connectivity index is 1.79. The number of amides is 1. The molecular formula is C23H31N3O5. The normalized spacial score (nSPS) is 18.7. The fraction of sp³-hybridized carbons (Fsp3) is 0.522. The number of carbonyl (C=O) groups is 1. The zero-order valence-electron chi connectivity index (χ0n) is 18.4. The highest BCUT2D eigenvalue weighted by Gasteiger charge is 2.30. The zero-order valence-corrected chi connectivity index (χ0v) is 18.4. The summed E-state index contributed by atoms with van der Waals surface area (Å²) >= 11 is 0. The number of phenols is 1. The van der Waals surface area contributed by atoms with Gasteiger partial charge in [0, 0.05) is 20.7 Å². The molecule has 2 aromatic rings. The molecule has 1 aliphatic rings. The predicted octanol–water partition coefficient (Wildman–Crippen LogP) is 2.97. The molecule has 0 unspecified atom stereocenters. The van der Waals surface area contributed by atoms with Gasteiger partial charge in [-0.05, 0) is 31.4 Å². The summed E-state index contributed by atoms with van der Waals surface area (Å²) in [4.78, 5) is 38.1. The van der Waals surface area contributed by atoms with Crippen LogP contribution in [-0.2, 0) is 4.74 Å². The fourth-order valence-corrected chi connectivity index (χ4v) is 3.87. The van der Waals surface area contributed by atoms with E-state index >= 15 is 0 Å². The molecule has 0 saturated heterocycles. The van der Waals surface area contributed by atoms with Gasteiger partial charge in [0.1, 0.15) is 11.4 Å². The van der Waals surface area contributed by atoms with E-state index in [2.05, 4.69) is 17.6 Å². The van der Waals surface area contributed by atoms with Crippen molar-refractivity contribution in [3.8, 4) is 5.75 Å². The van der Waals surface area contributed by atoms with Gasteiger partial charge in [0.25, 0.3) is 16.8 Å². The van der Waals surface area contributed by atoms with E-state index in [-0.39, 0.29) is 46.4 Å². The molecule has 0 spiro atoms. The molecular weight excluding hydrogens is 398 g/mol. The maximum Gasteiger partial charge on any atom is 0.257 e. The second kappa shape index (κ2) is 9.96. The highest BCUT2D eigenvalue weighted by Crippen LogP contribution is 2.33. The molecule has 0 bridgehead atoms. The average Bonchev–Trinajstić information content (AvgIpc) is 2.77. The second-order valence-corrected chi connectivity index (χ2v) is 8.23. The number of phenolic OH excluding ortho intramolecular Hbond substituents is 1. The van der Waals surface area contributed by atoms with Crippen LogP contribution in [0, 0.1) is 0 Å². The first kappa shape index (κ1) is 22.8. The standard InChI is InChI=1S/C23H31N3O5/c1-4-5-13-31-17-12-7-6-10-15(17)24-18-19(22(29)21(18)28)25-16-11-8-9-14(20(16)27)23(30)26(2)3/h8-9,11,15,17,24-25,27H,4-7,10,12-13H2,1-3H3/t15-,17-/m0/s1. The summed E-state index contributed by atoms with van der Waals surface area (Å²) in [5, 5.41) is 16.6. The van der Waals surface area contributed by atoms with E-state index in [1.54, 1.807) is 26.2 Å². The Hall–Kier alpha value is -2.87. The summed E-state index contributed by atoms with van der Waals surface area (Å²) in [5.74, 6) is -0.627. The van der Waals surface area contributed by atoms with Gasteiger partial charge in [0.05, 0.1) is 23.4 Å². The first-order valence-corrected chi connectivity index (χ1v) is 10.9. The van der Waals surface area contributed by atoms with E-state index in [1.165, 1.54) is 11.0 Å². The molecule has 2 aromatic carbocycles. The number of benzene rings is 1. The lowest BCUT2D eigenvalue weighted by Gasteiger charge is -2.33. The minimum Gasteiger partial charge on any atom is -0.505 e. The molecule has 1 saturated carbocycles. The van der Waals surface area contributed by atoms with Crippen LogP contribution >= 0.6 is 0 Å². The lowest BCUT2D eigenvalue weighted by atomic mass is 9.91. The molecule has 8 heteroatoms. The molecule has 3 N–H and O–H groups in total. The molecule has 0 aliphatic heterocycles. The van der Waals surface area contributed by atoms with E-state index in [9.17, 15) is 19.5 Å². The molecule has 0 radical (unpaired) electrons. The van der Waals surface area contributed by atoms with E-state index in [0.29, 0.717) is 6.61 Å². The van der Waals surface area contributed by atoms with Gasteiger partial charge >= 0.3 is 0 Å². The first-order chi connectivity index (χ1) is 14.8. The number of para-hydroxylation sites is 1. The van der Waals surface area contributed by atoms with Crippen molar-refractivity contribution >= 4 is 23.0 Å². The molecule has 2 atom stereocenters. The van der Waals surface area contributed by atoms with Crippen molar-refractivity contribution in [3.63, 3.8) is 0 Å². The average molecular weight is 430 g/mol. The fourth-order valence-electron chi connectivity index (χ4n) is 3.87. The third-order valence-electron chi connectivity index (χ3n) is 5.70. The Morgan fingerprint density at radius 1 is 1.16 bits per heavy atom. The molecule has 0 heterocycles. The molecule has 3 rings (SSSR count). The van der Waals surface area contributed by atoms with Crippen molar-refractivity contribution in [3.05, 3.63) is 44.2 Å². The van der Waals surface area contributed by atoms with Crippen LogP contribution in [0.15, 0.2) is 27.8 Å². The maximum atomic E-state index is 12.3. The summed E-state index contributed by atoms with van der Waals surface area (Å²) < 4.78 is 6.02. The van der Waals surface area contributed by atoms with Crippen molar-refractivity contribution in [2.75, 3.05) is 31.3 Å². The topological polar surface area (TPSA) is 108 Å². The second-order valence-electron chi connectivity index (χ2n) is 8.23. The SMILES string of the molecule is CCCCO[C@H]1CCCC[C@@H]1Nc1c(Nc2cccc(C(=O)N(C)C)c2O)c(=O)c1=O. The molecule has 0 aromatic heterocycles. The monoisotopic (exact) mass is 429 g/mol. The number of nitrogens with zero attached hydrogens (tertiary/aromatic N) is 1. The van der Waals surface area contributed by atoms with Crippen LogP contribution in [0.2, 0.25) is 0 Å². The molecule has 1 aliphatic carbocycles. The number of hydrogen-bond acceptors (Lipinski definition) is 7. The lowest BCUT2D eigenvalue weighted by Crippen LogP contribution is -2.44. The predicted molar refractivity (Wildman–Crippen MR) is 121 cm³/mol. The van der Waals surface area contributed by atoms with Gasteiger partial charge in [0.2, 0.25) is 0 Å². The van der Waals surface area contributed by atoms with Crippen molar-refractivity contribution < 1.29 is 14.6 Å². The largest absolute Gasteiger partial charge is 0.505 e. The highest BCUT2D eigenvalue weighted by molar-refractivity contribution is 5.99. The van der Waals surface area contributed by atoms with Gasteiger partial charge in [0.15, 0.2) is 5.75 Å². The maximum absolute atomic E-state index is 12.3. The number of aromatic hydroxyl groups is 1. The number of rotatable bonds is 9. The highest BCUT2D eigenvalue weighted by atomic mass is 16.5. The van der Waals surface area contributed by atoms with Crippen LogP contribution in [0.1, 0.15) is 55.8 Å². The number of unbranched alkanes of at least 4 members (excludes halogenated alkanes) is 1. The van der Waals surface area contributed by atoms with E-state index in [4.69, 9.17) is 4.74 Å². The Labute approximate surface area is 181 Å². The summed E-state index contributed by atoms with van der Waals surface area (Å²) in [5.41, 5.74) is -0.606. The quantitative estimate of drug-likeness (QED) is 0.319. The van der Waals surface area contributed by atoms with Crippen LogP contribution in [0.3, 0.4) is 0 Å². The molecule has 8 nitrogen and oxygen atoms in total. The van der Waals surface area contributed by atoms with Gasteiger partial charge < -0.3 is 25.4 Å². The van der Waals surface area contributed by atoms with Crippen molar-refractivity contribution in [2.24, 2.45) is 0 Å². The van der Waals surface area contributed by atoms with Gasteiger partial charge in [-0.1, -0.05) is 32.3 Å². The molecule has 31 heavy (non-hydrogen) atoms. The zero-order chi connectivity index (χ0) is 22.5. The summed E-state index contributed by atoms with van der Waals surface area (Å²) in [7, 11) is 3.17. The summed E-state index contributed by atoms with van der Waals surface area (Å²) in [6.07, 6.45) is 5.90. The Kier molecular flexibility index (Phi) is 7.33. The van der Waals surface area contributed by atoms with E-state index < -0.39 is 10.9 Å².